The third kappa shape index (κ3) is 4.20. The number of amides is 1. The summed E-state index contributed by atoms with van der Waals surface area (Å²) in [6, 6.07) is 7.84. The van der Waals surface area contributed by atoms with Crippen LogP contribution in [-0.2, 0) is 6.42 Å². The Morgan fingerprint density at radius 2 is 2.00 bits per heavy atom. The summed E-state index contributed by atoms with van der Waals surface area (Å²) in [7, 11) is 0. The molecule has 5 rings (SSSR count). The molecule has 2 fully saturated rings. The molecule has 1 aliphatic heterocycles. The molecule has 7 heteroatoms. The zero-order valence-corrected chi connectivity index (χ0v) is 19.4. The number of hydrogen-bond donors (Lipinski definition) is 0. The second-order valence-corrected chi connectivity index (χ2v) is 9.50. The molecule has 2 aliphatic rings. The molecular weight excluding hydrogens is 424 g/mol. The maximum Gasteiger partial charge on any atom is 0.276 e. The minimum Gasteiger partial charge on any atom is -0.491 e. The van der Waals surface area contributed by atoms with E-state index in [-0.39, 0.29) is 11.9 Å². The predicted octanol–water partition coefficient (Wildman–Crippen LogP) is 5.03. The molecule has 1 saturated carbocycles. The van der Waals surface area contributed by atoms with Gasteiger partial charge in [0.15, 0.2) is 11.4 Å². The number of aromatic nitrogens is 3. The van der Waals surface area contributed by atoms with Crippen LogP contribution < -0.4 is 4.74 Å². The number of aryl methyl sites for hydroxylation is 2. The molecule has 1 saturated heterocycles. The molecule has 0 aromatic carbocycles. The van der Waals surface area contributed by atoms with Crippen LogP contribution in [0.25, 0.3) is 5.65 Å². The monoisotopic (exact) mass is 452 g/mol. The van der Waals surface area contributed by atoms with E-state index in [1.54, 1.807) is 0 Å². The van der Waals surface area contributed by atoms with Crippen LogP contribution in [-0.4, -0.2) is 44.4 Å². The number of imidazole rings is 1. The van der Waals surface area contributed by atoms with Crippen molar-refractivity contribution < 1.29 is 9.53 Å². The van der Waals surface area contributed by atoms with Crippen molar-refractivity contribution in [2.24, 2.45) is 5.92 Å². The van der Waals surface area contributed by atoms with Crippen LogP contribution in [0.15, 0.2) is 30.5 Å². The van der Waals surface area contributed by atoms with Crippen molar-refractivity contribution in [1.82, 2.24) is 19.3 Å². The van der Waals surface area contributed by atoms with Gasteiger partial charge in [-0.05, 0) is 75.6 Å². The Labute approximate surface area is 193 Å². The number of likely N-dealkylation sites (tertiary alicyclic amines) is 1. The van der Waals surface area contributed by atoms with Crippen LogP contribution >= 0.6 is 11.6 Å². The first-order chi connectivity index (χ1) is 15.5. The highest BCUT2D eigenvalue weighted by Gasteiger charge is 2.32. The summed E-state index contributed by atoms with van der Waals surface area (Å²) in [5.41, 5.74) is 4.04. The van der Waals surface area contributed by atoms with Crippen LogP contribution in [0.4, 0.5) is 0 Å². The fourth-order valence-corrected chi connectivity index (χ4v) is 4.75. The number of piperidine rings is 1. The van der Waals surface area contributed by atoms with Gasteiger partial charge in [0.1, 0.15) is 10.8 Å². The smallest absolute Gasteiger partial charge is 0.276 e. The van der Waals surface area contributed by atoms with Gasteiger partial charge >= 0.3 is 0 Å². The summed E-state index contributed by atoms with van der Waals surface area (Å²) in [5, 5.41) is 0.629. The Morgan fingerprint density at radius 3 is 2.78 bits per heavy atom. The average molecular weight is 453 g/mol. The Hall–Kier alpha value is -2.60. The van der Waals surface area contributed by atoms with E-state index in [0.29, 0.717) is 42.1 Å². The Bertz CT molecular complexity index is 1150. The van der Waals surface area contributed by atoms with E-state index in [0.717, 1.165) is 41.9 Å². The lowest BCUT2D eigenvalue weighted by molar-refractivity contribution is 0.0601. The van der Waals surface area contributed by atoms with Crippen LogP contribution in [0.2, 0.25) is 5.15 Å². The first-order valence-corrected chi connectivity index (χ1v) is 11.9. The van der Waals surface area contributed by atoms with Crippen molar-refractivity contribution in [3.63, 3.8) is 0 Å². The van der Waals surface area contributed by atoms with E-state index in [1.165, 1.54) is 12.8 Å². The lowest BCUT2D eigenvalue weighted by atomic mass is 9.97. The zero-order chi connectivity index (χ0) is 22.2. The zero-order valence-electron chi connectivity index (χ0n) is 18.7. The van der Waals surface area contributed by atoms with Gasteiger partial charge in [-0.15, -0.1) is 0 Å². The van der Waals surface area contributed by atoms with Gasteiger partial charge in [-0.25, -0.2) is 9.97 Å². The fraction of sp³-hybridized carbons (Fsp3) is 0.480. The predicted molar refractivity (Wildman–Crippen MR) is 125 cm³/mol. The van der Waals surface area contributed by atoms with Gasteiger partial charge in [0.05, 0.1) is 12.3 Å². The molecule has 1 amide bonds. The highest BCUT2D eigenvalue weighted by atomic mass is 35.5. The minimum atomic E-state index is -0.0553. The summed E-state index contributed by atoms with van der Waals surface area (Å²) in [6.45, 7) is 5.31. The molecule has 3 aromatic heterocycles. The number of hydrogen-bond acceptors (Lipinski definition) is 4. The van der Waals surface area contributed by atoms with Gasteiger partial charge < -0.3 is 9.64 Å². The number of fused-ring (bicyclic) bond motifs is 1. The van der Waals surface area contributed by atoms with Crippen molar-refractivity contribution >= 4 is 23.2 Å². The number of nitrogens with zero attached hydrogens (tertiary/aromatic N) is 4. The molecule has 4 heterocycles. The standard InChI is InChI=1S/C25H29ClN4O2/c1-16-6-5-13-30-23(26)20(28-24(16)30)14-19-7-3-4-12-29(19)25(31)22-21(11-8-17(2)27-22)32-15-18-9-10-18/h5-6,8,11,13,18-19H,3-4,7,9-10,12,14-15H2,1-2H3. The first-order valence-electron chi connectivity index (χ1n) is 11.5. The quantitative estimate of drug-likeness (QED) is 0.526. The molecule has 168 valence electrons. The maximum atomic E-state index is 13.7. The minimum absolute atomic E-state index is 0.0394. The summed E-state index contributed by atoms with van der Waals surface area (Å²) in [6.07, 6.45) is 7.99. The fourth-order valence-electron chi connectivity index (χ4n) is 4.50. The van der Waals surface area contributed by atoms with Crippen molar-refractivity contribution in [3.05, 3.63) is 58.3 Å². The topological polar surface area (TPSA) is 59.7 Å². The van der Waals surface area contributed by atoms with Crippen LogP contribution in [0, 0.1) is 19.8 Å². The third-order valence-corrected chi connectivity index (χ3v) is 6.94. The Balaban J connectivity index is 1.41. The molecule has 6 nitrogen and oxygen atoms in total. The lowest BCUT2D eigenvalue weighted by Gasteiger charge is -2.35. The highest BCUT2D eigenvalue weighted by molar-refractivity contribution is 6.30. The number of rotatable bonds is 6. The molecule has 0 radical (unpaired) electrons. The molecule has 1 aliphatic carbocycles. The normalized spacial score (nSPS) is 18.8. The number of ether oxygens (including phenoxy) is 1. The number of pyridine rings is 2. The van der Waals surface area contributed by atoms with Gasteiger partial charge in [-0.1, -0.05) is 17.7 Å². The SMILES string of the molecule is Cc1ccc(OCC2CC2)c(C(=O)N2CCCCC2Cc2nc3c(C)cccn3c2Cl)n1. The summed E-state index contributed by atoms with van der Waals surface area (Å²) in [4.78, 5) is 25.0. The largest absolute Gasteiger partial charge is 0.491 e. The van der Waals surface area contributed by atoms with E-state index in [1.807, 2.05) is 53.6 Å². The summed E-state index contributed by atoms with van der Waals surface area (Å²) >= 11 is 6.68. The second kappa shape index (κ2) is 8.74. The van der Waals surface area contributed by atoms with E-state index in [2.05, 4.69) is 4.98 Å². The summed E-state index contributed by atoms with van der Waals surface area (Å²) in [5.74, 6) is 1.15. The van der Waals surface area contributed by atoms with Gasteiger partial charge in [-0.2, -0.15) is 0 Å². The molecule has 0 spiro atoms. The highest BCUT2D eigenvalue weighted by Crippen LogP contribution is 2.32. The molecule has 1 atom stereocenters. The Kier molecular flexibility index (Phi) is 5.80. The molecule has 32 heavy (non-hydrogen) atoms. The van der Waals surface area contributed by atoms with Crippen molar-refractivity contribution in [2.75, 3.05) is 13.2 Å². The van der Waals surface area contributed by atoms with Gasteiger partial charge in [-0.3, -0.25) is 9.20 Å². The van der Waals surface area contributed by atoms with Gasteiger partial charge in [0, 0.05) is 30.9 Å². The third-order valence-electron chi connectivity index (χ3n) is 6.54. The number of carbonyl (C=O) groups excluding carboxylic acids is 1. The molecule has 3 aromatic rings. The number of halogens is 1. The van der Waals surface area contributed by atoms with E-state index < -0.39 is 0 Å². The van der Waals surface area contributed by atoms with Gasteiger partial charge in [0.25, 0.3) is 5.91 Å². The van der Waals surface area contributed by atoms with Crippen molar-refractivity contribution in [2.45, 2.75) is 58.4 Å². The molecule has 0 N–H and O–H groups in total. The van der Waals surface area contributed by atoms with Crippen LogP contribution in [0.1, 0.15) is 59.5 Å². The maximum absolute atomic E-state index is 13.7. The van der Waals surface area contributed by atoms with Crippen molar-refractivity contribution in [3.8, 4) is 5.75 Å². The second-order valence-electron chi connectivity index (χ2n) is 9.14. The summed E-state index contributed by atoms with van der Waals surface area (Å²) < 4.78 is 7.93. The first kappa shape index (κ1) is 21.3. The lowest BCUT2D eigenvalue weighted by Crippen LogP contribution is -2.45. The molecule has 0 bridgehead atoms. The van der Waals surface area contributed by atoms with Crippen molar-refractivity contribution in [1.29, 1.82) is 0 Å². The number of carbonyl (C=O) groups is 1. The van der Waals surface area contributed by atoms with Gasteiger partial charge in [0.2, 0.25) is 0 Å². The average Bonchev–Trinajstić information content (AvgIpc) is 3.57. The molecule has 1 unspecified atom stereocenters. The van der Waals surface area contributed by atoms with E-state index in [9.17, 15) is 4.79 Å². The van der Waals surface area contributed by atoms with Crippen LogP contribution in [0.3, 0.4) is 0 Å². The van der Waals surface area contributed by atoms with E-state index >= 15 is 0 Å². The molecular formula is C25H29ClN4O2. The van der Waals surface area contributed by atoms with E-state index in [4.69, 9.17) is 21.3 Å². The Morgan fingerprint density at radius 1 is 1.16 bits per heavy atom. The van der Waals surface area contributed by atoms with Crippen LogP contribution in [0.5, 0.6) is 5.75 Å².